The van der Waals surface area contributed by atoms with Crippen LogP contribution in [0.25, 0.3) is 0 Å². The third-order valence-corrected chi connectivity index (χ3v) is 24.1. The lowest BCUT2D eigenvalue weighted by atomic mass is 9.49. The molecule has 4 aliphatic carbocycles. The molecule has 0 aromatic carbocycles. The highest BCUT2D eigenvalue weighted by atomic mass is 28.4. The first-order valence-electron chi connectivity index (χ1n) is 19.5. The minimum atomic E-state index is -2.05. The number of fused-ring (bicyclic) bond motifs is 5. The van der Waals surface area contributed by atoms with E-state index in [0.29, 0.717) is 17.8 Å². The highest BCUT2D eigenvalue weighted by Crippen LogP contribution is 2.66. The molecular formula is C41H74O5Si2. The van der Waals surface area contributed by atoms with Gasteiger partial charge in [-0.25, -0.2) is 4.79 Å². The summed E-state index contributed by atoms with van der Waals surface area (Å²) in [4.78, 5) is 12.8. The fraction of sp³-hybridized carbons (Fsp3) is 0.878. The van der Waals surface area contributed by atoms with Crippen LogP contribution in [0.4, 0.5) is 0 Å². The quantitative estimate of drug-likeness (QED) is 0.158. The van der Waals surface area contributed by atoms with Crippen LogP contribution in [0.1, 0.15) is 134 Å². The second kappa shape index (κ2) is 13.7. The minimum Gasteiger partial charge on any atom is -0.458 e. The summed E-state index contributed by atoms with van der Waals surface area (Å²) in [6.07, 6.45) is 13.7. The van der Waals surface area contributed by atoms with Gasteiger partial charge in [-0.1, -0.05) is 92.5 Å². The molecule has 0 N–H and O–H groups in total. The molecule has 0 aromatic rings. The molecule has 0 radical (unpaired) electrons. The lowest BCUT2D eigenvalue weighted by Crippen LogP contribution is -2.58. The summed E-state index contributed by atoms with van der Waals surface area (Å²) in [7, 11) is -3.98. The summed E-state index contributed by atoms with van der Waals surface area (Å²) >= 11 is 0. The van der Waals surface area contributed by atoms with Crippen molar-refractivity contribution in [1.29, 1.82) is 0 Å². The molecule has 0 spiro atoms. The molecular weight excluding hydrogens is 629 g/mol. The minimum absolute atomic E-state index is 0.0158. The second-order valence-electron chi connectivity index (χ2n) is 19.9. The molecule has 0 aromatic heterocycles. The van der Waals surface area contributed by atoms with Gasteiger partial charge < -0.3 is 18.3 Å². The number of rotatable bonds is 11. The molecule has 4 aliphatic rings. The van der Waals surface area contributed by atoms with E-state index in [1.165, 1.54) is 19.3 Å². The Balaban J connectivity index is 1.60. The van der Waals surface area contributed by atoms with Crippen molar-refractivity contribution in [1.82, 2.24) is 0 Å². The number of carbonyl (C=O) groups excluding carboxylic acids is 1. The zero-order chi connectivity index (χ0) is 36.3. The SMILES string of the molecule is CCC(C)(CC)OC(=O)CO[C@@H](C)[C@H]1CC[C@H]2C3=CC=C4C[C@@H](O[Si](C)(C)C(C)(C)C)C[C@H](O[Si](C)(C)C(C)(C)C)[C@]4(C)[C@H]3CC[C@]12C. The van der Waals surface area contributed by atoms with E-state index in [9.17, 15) is 4.79 Å². The molecule has 0 saturated heterocycles. The largest absolute Gasteiger partial charge is 0.458 e. The summed E-state index contributed by atoms with van der Waals surface area (Å²) in [5, 5.41) is 0.322. The first-order valence-corrected chi connectivity index (χ1v) is 25.3. The van der Waals surface area contributed by atoms with Gasteiger partial charge in [0, 0.05) is 5.41 Å². The fourth-order valence-electron chi connectivity index (χ4n) is 9.22. The maximum Gasteiger partial charge on any atom is 0.332 e. The summed E-state index contributed by atoms with van der Waals surface area (Å²) in [6.45, 7) is 37.3. The maximum atomic E-state index is 12.8. The van der Waals surface area contributed by atoms with Crippen molar-refractivity contribution < 1.29 is 23.1 Å². The van der Waals surface area contributed by atoms with Crippen LogP contribution in [0.15, 0.2) is 23.3 Å². The van der Waals surface area contributed by atoms with Crippen LogP contribution < -0.4 is 0 Å². The van der Waals surface area contributed by atoms with Gasteiger partial charge in [0.2, 0.25) is 0 Å². The van der Waals surface area contributed by atoms with Crippen molar-refractivity contribution in [2.45, 2.75) is 195 Å². The first-order chi connectivity index (χ1) is 21.8. The zero-order valence-electron chi connectivity index (χ0n) is 34.0. The van der Waals surface area contributed by atoms with Gasteiger partial charge in [0.15, 0.2) is 16.6 Å². The van der Waals surface area contributed by atoms with Gasteiger partial charge in [-0.15, -0.1) is 0 Å². The van der Waals surface area contributed by atoms with Crippen molar-refractivity contribution >= 4 is 22.6 Å². The van der Waals surface area contributed by atoms with E-state index >= 15 is 0 Å². The molecule has 276 valence electrons. The van der Waals surface area contributed by atoms with Crippen LogP contribution >= 0.6 is 0 Å². The third kappa shape index (κ3) is 7.43. The van der Waals surface area contributed by atoms with Gasteiger partial charge >= 0.3 is 5.97 Å². The monoisotopic (exact) mass is 703 g/mol. The molecule has 8 atom stereocenters. The van der Waals surface area contributed by atoms with Crippen molar-refractivity contribution in [3.63, 3.8) is 0 Å². The van der Waals surface area contributed by atoms with Gasteiger partial charge in [-0.2, -0.15) is 0 Å². The van der Waals surface area contributed by atoms with Crippen molar-refractivity contribution in [3.05, 3.63) is 23.3 Å². The zero-order valence-corrected chi connectivity index (χ0v) is 36.0. The first kappa shape index (κ1) is 40.0. The molecule has 48 heavy (non-hydrogen) atoms. The number of hydrogen-bond donors (Lipinski definition) is 0. The molecule has 3 fully saturated rings. The Hall–Kier alpha value is -0.736. The van der Waals surface area contributed by atoms with E-state index in [0.717, 1.165) is 32.1 Å². The van der Waals surface area contributed by atoms with Gasteiger partial charge in [0.05, 0.1) is 18.3 Å². The van der Waals surface area contributed by atoms with E-state index in [4.69, 9.17) is 18.3 Å². The molecule has 0 aliphatic heterocycles. The number of hydrogen-bond acceptors (Lipinski definition) is 5. The Bertz CT molecular complexity index is 1230. The van der Waals surface area contributed by atoms with E-state index in [1.807, 2.05) is 6.92 Å². The third-order valence-electron chi connectivity index (χ3n) is 15.1. The van der Waals surface area contributed by atoms with Crippen LogP contribution in [0.3, 0.4) is 0 Å². The Labute approximate surface area is 298 Å². The smallest absolute Gasteiger partial charge is 0.332 e. The number of esters is 1. The maximum absolute atomic E-state index is 12.8. The molecule has 5 nitrogen and oxygen atoms in total. The summed E-state index contributed by atoms with van der Waals surface area (Å²) < 4.78 is 26.9. The lowest BCUT2D eigenvalue weighted by Gasteiger charge is -2.59. The predicted molar refractivity (Wildman–Crippen MR) is 205 cm³/mol. The van der Waals surface area contributed by atoms with Gasteiger partial charge in [-0.3, -0.25) is 0 Å². The summed E-state index contributed by atoms with van der Waals surface area (Å²) in [5.41, 5.74) is 2.93. The fourth-order valence-corrected chi connectivity index (χ4v) is 12.0. The van der Waals surface area contributed by atoms with Gasteiger partial charge in [0.25, 0.3) is 0 Å². The van der Waals surface area contributed by atoms with Crippen LogP contribution in [-0.4, -0.2) is 53.1 Å². The van der Waals surface area contributed by atoms with E-state index in [1.54, 1.807) is 11.1 Å². The standard InChI is InChI=1S/C41H74O5Si2/c1-17-39(10,18-2)44-36(42)27-43-28(3)32-21-22-33-31-20-19-29-25-30(45-47(13,14)37(4,5)6)26-35(46-48(15,16)38(7,8)9)41(29,12)34(31)23-24-40(32,33)11/h19-20,28,30,32-35H,17-18,21-27H2,1-16H3/t28-,30+,32+,33-,34-,35-,40+,41-/m0/s1. The normalized spacial score (nSPS) is 33.6. The second-order valence-corrected chi connectivity index (χ2v) is 29.4. The van der Waals surface area contributed by atoms with Crippen molar-refractivity contribution in [2.75, 3.05) is 6.61 Å². The summed E-state index contributed by atoms with van der Waals surface area (Å²) in [6, 6.07) is 0. The molecule has 0 bridgehead atoms. The Morgan fingerprint density at radius 3 is 2.02 bits per heavy atom. The highest BCUT2D eigenvalue weighted by molar-refractivity contribution is 6.74. The van der Waals surface area contributed by atoms with Crippen LogP contribution in [-0.2, 0) is 23.1 Å². The molecule has 7 heteroatoms. The topological polar surface area (TPSA) is 54.0 Å². The Kier molecular flexibility index (Phi) is 11.4. The van der Waals surface area contributed by atoms with E-state index in [2.05, 4.69) is 115 Å². The Morgan fingerprint density at radius 2 is 1.46 bits per heavy atom. The van der Waals surface area contributed by atoms with Crippen molar-refractivity contribution in [2.24, 2.45) is 28.6 Å². The van der Waals surface area contributed by atoms with Gasteiger partial charge in [0.1, 0.15) is 12.2 Å². The van der Waals surface area contributed by atoms with E-state index in [-0.39, 0.29) is 51.8 Å². The molecule has 3 saturated carbocycles. The number of ether oxygens (including phenoxy) is 2. The highest BCUT2D eigenvalue weighted by Gasteiger charge is 2.61. The molecule has 0 unspecified atom stereocenters. The molecule has 4 rings (SSSR count). The number of allylic oxidation sites excluding steroid dienone is 3. The van der Waals surface area contributed by atoms with Crippen LogP contribution in [0, 0.1) is 28.6 Å². The Morgan fingerprint density at radius 1 is 0.875 bits per heavy atom. The lowest BCUT2D eigenvalue weighted by molar-refractivity contribution is -0.168. The molecule has 0 amide bonds. The van der Waals surface area contributed by atoms with Crippen LogP contribution in [0.2, 0.25) is 36.3 Å². The number of carbonyl (C=O) groups is 1. The molecule has 0 heterocycles. The van der Waals surface area contributed by atoms with Gasteiger partial charge in [-0.05, 0) is 125 Å². The van der Waals surface area contributed by atoms with E-state index < -0.39 is 22.2 Å². The van der Waals surface area contributed by atoms with Crippen LogP contribution in [0.5, 0.6) is 0 Å². The predicted octanol–water partition coefficient (Wildman–Crippen LogP) is 11.4. The van der Waals surface area contributed by atoms with Crippen molar-refractivity contribution in [3.8, 4) is 0 Å². The average Bonchev–Trinajstić information content (AvgIpc) is 3.32. The average molecular weight is 703 g/mol. The summed E-state index contributed by atoms with van der Waals surface area (Å²) in [5.74, 6) is 1.21.